The van der Waals surface area contributed by atoms with Crippen molar-refractivity contribution < 1.29 is 8.78 Å². The molecule has 4 nitrogen and oxygen atoms in total. The molecule has 17 heavy (non-hydrogen) atoms. The van der Waals surface area contributed by atoms with Gasteiger partial charge in [0.15, 0.2) is 0 Å². The van der Waals surface area contributed by atoms with Crippen LogP contribution in [0.1, 0.15) is 24.5 Å². The van der Waals surface area contributed by atoms with Crippen LogP contribution in [0.3, 0.4) is 0 Å². The van der Waals surface area contributed by atoms with Crippen molar-refractivity contribution in [3.05, 3.63) is 18.1 Å². The molecule has 1 aromatic rings. The summed E-state index contributed by atoms with van der Waals surface area (Å²) in [6, 6.07) is 0. The Morgan fingerprint density at radius 1 is 1.29 bits per heavy atom. The highest BCUT2D eigenvalue weighted by atomic mass is 19.3. The van der Waals surface area contributed by atoms with E-state index in [1.807, 2.05) is 0 Å². The zero-order valence-electron chi connectivity index (χ0n) is 9.50. The van der Waals surface area contributed by atoms with Crippen LogP contribution in [0.4, 0.5) is 14.6 Å². The Bertz CT molecular complexity index is 353. The van der Waals surface area contributed by atoms with E-state index in [0.717, 1.165) is 31.6 Å². The number of hydrogen-bond acceptors (Lipinski definition) is 4. The normalized spacial score (nSPS) is 17.4. The molecule has 94 valence electrons. The number of anilines is 1. The van der Waals surface area contributed by atoms with Gasteiger partial charge in [-0.05, 0) is 25.9 Å². The number of alkyl halides is 2. The van der Waals surface area contributed by atoms with Gasteiger partial charge in [0.05, 0.1) is 12.2 Å². The smallest absolute Gasteiger partial charge is 0.255 e. The molecular weight excluding hydrogens is 226 g/mol. The lowest BCUT2D eigenvalue weighted by Gasteiger charge is -2.23. The predicted molar refractivity (Wildman–Crippen MR) is 61.4 cm³/mol. The maximum Gasteiger partial charge on any atom is 0.255 e. The van der Waals surface area contributed by atoms with Crippen LogP contribution in [-0.2, 0) is 0 Å². The van der Waals surface area contributed by atoms with Crippen molar-refractivity contribution in [3.8, 4) is 0 Å². The number of halogens is 2. The lowest BCUT2D eigenvalue weighted by molar-refractivity contribution is 0.163. The molecule has 2 N–H and O–H groups in total. The van der Waals surface area contributed by atoms with Crippen LogP contribution in [0.25, 0.3) is 0 Å². The molecule has 0 aliphatic carbocycles. The maximum atomic E-state index is 12.2. The first-order valence-electron chi connectivity index (χ1n) is 5.81. The first-order chi connectivity index (χ1) is 8.27. The molecule has 0 atom stereocenters. The topological polar surface area (TPSA) is 49.8 Å². The van der Waals surface area contributed by atoms with E-state index < -0.39 is 6.43 Å². The van der Waals surface area contributed by atoms with Gasteiger partial charge in [-0.1, -0.05) is 0 Å². The van der Waals surface area contributed by atoms with Crippen molar-refractivity contribution in [2.24, 2.45) is 0 Å². The maximum absolute atomic E-state index is 12.2. The van der Waals surface area contributed by atoms with Crippen molar-refractivity contribution in [2.45, 2.75) is 25.2 Å². The van der Waals surface area contributed by atoms with Crippen LogP contribution < -0.4 is 10.6 Å². The summed E-state index contributed by atoms with van der Waals surface area (Å²) in [6.07, 6.45) is 2.71. The minimum absolute atomic E-state index is 0.310. The van der Waals surface area contributed by atoms with E-state index in [1.165, 1.54) is 6.20 Å². The summed E-state index contributed by atoms with van der Waals surface area (Å²) in [7, 11) is 0. The molecule has 1 saturated heterocycles. The second-order valence-corrected chi connectivity index (χ2v) is 4.09. The fourth-order valence-corrected chi connectivity index (χ4v) is 2.05. The highest BCUT2D eigenvalue weighted by molar-refractivity contribution is 5.41. The lowest BCUT2D eigenvalue weighted by Crippen LogP contribution is -2.28. The highest BCUT2D eigenvalue weighted by Gasteiger charge is 2.20. The number of nitrogens with zero attached hydrogens (tertiary/aromatic N) is 2. The van der Waals surface area contributed by atoms with E-state index in [-0.39, 0.29) is 6.54 Å². The van der Waals surface area contributed by atoms with Crippen LogP contribution in [0.5, 0.6) is 0 Å². The molecule has 6 heteroatoms. The van der Waals surface area contributed by atoms with Gasteiger partial charge in [-0.15, -0.1) is 0 Å². The molecule has 1 aliphatic heterocycles. The number of nitrogens with one attached hydrogen (secondary N) is 2. The molecule has 1 aliphatic rings. The van der Waals surface area contributed by atoms with Crippen molar-refractivity contribution in [2.75, 3.05) is 25.0 Å². The van der Waals surface area contributed by atoms with Crippen molar-refractivity contribution in [1.29, 1.82) is 0 Å². The molecule has 2 heterocycles. The Morgan fingerprint density at radius 3 is 2.71 bits per heavy atom. The minimum Gasteiger partial charge on any atom is -0.363 e. The first kappa shape index (κ1) is 12.2. The van der Waals surface area contributed by atoms with E-state index in [2.05, 4.69) is 20.6 Å². The van der Waals surface area contributed by atoms with E-state index in [0.29, 0.717) is 11.7 Å². The van der Waals surface area contributed by atoms with E-state index in [9.17, 15) is 8.78 Å². The van der Waals surface area contributed by atoms with Gasteiger partial charge in [0.25, 0.3) is 6.43 Å². The van der Waals surface area contributed by atoms with Crippen molar-refractivity contribution >= 4 is 5.82 Å². The SMILES string of the molecule is FC(F)CNc1nccnc1C1CCNCC1. The number of hydrogen-bond donors (Lipinski definition) is 2. The summed E-state index contributed by atoms with van der Waals surface area (Å²) in [5.74, 6) is 0.810. The van der Waals surface area contributed by atoms with E-state index >= 15 is 0 Å². The molecule has 0 bridgehead atoms. The standard InChI is InChI=1S/C11H16F2N4/c12-9(13)7-17-11-10(15-5-6-16-11)8-1-3-14-4-2-8/h5-6,8-9,14H,1-4,7H2,(H,16,17). The summed E-state index contributed by atoms with van der Waals surface area (Å²) in [4.78, 5) is 8.38. The van der Waals surface area contributed by atoms with Gasteiger partial charge in [0, 0.05) is 18.3 Å². The molecule has 0 spiro atoms. The average Bonchev–Trinajstić information content (AvgIpc) is 2.38. The van der Waals surface area contributed by atoms with Crippen LogP contribution in [0, 0.1) is 0 Å². The molecule has 2 rings (SSSR count). The summed E-state index contributed by atoms with van der Waals surface area (Å²) < 4.78 is 24.3. The molecule has 0 unspecified atom stereocenters. The van der Waals surface area contributed by atoms with Gasteiger partial charge in [0.2, 0.25) is 0 Å². The van der Waals surface area contributed by atoms with Gasteiger partial charge in [-0.25, -0.2) is 13.8 Å². The molecule has 0 aromatic carbocycles. The summed E-state index contributed by atoms with van der Waals surface area (Å²) in [6.45, 7) is 1.50. The lowest BCUT2D eigenvalue weighted by atomic mass is 9.94. The summed E-state index contributed by atoms with van der Waals surface area (Å²) in [5, 5.41) is 5.93. The third-order valence-corrected chi connectivity index (χ3v) is 2.88. The molecule has 0 amide bonds. The number of piperidine rings is 1. The largest absolute Gasteiger partial charge is 0.363 e. The Labute approximate surface area is 98.9 Å². The van der Waals surface area contributed by atoms with Gasteiger partial charge in [-0.2, -0.15) is 0 Å². The third-order valence-electron chi connectivity index (χ3n) is 2.88. The second kappa shape index (κ2) is 5.86. The first-order valence-corrected chi connectivity index (χ1v) is 5.81. The molecule has 1 fully saturated rings. The zero-order chi connectivity index (χ0) is 12.1. The summed E-state index contributed by atoms with van der Waals surface area (Å²) >= 11 is 0. The van der Waals surface area contributed by atoms with Gasteiger partial charge >= 0.3 is 0 Å². The number of aromatic nitrogens is 2. The van der Waals surface area contributed by atoms with Crippen LogP contribution in [-0.4, -0.2) is 36.0 Å². The van der Waals surface area contributed by atoms with Gasteiger partial charge in [-0.3, -0.25) is 4.98 Å². The quantitative estimate of drug-likeness (QED) is 0.842. The van der Waals surface area contributed by atoms with Crippen LogP contribution in [0.15, 0.2) is 12.4 Å². The predicted octanol–water partition coefficient (Wildman–Crippen LogP) is 1.62. The monoisotopic (exact) mass is 242 g/mol. The Morgan fingerprint density at radius 2 is 2.00 bits per heavy atom. The molecule has 1 aromatic heterocycles. The molecule has 0 saturated carbocycles. The highest BCUT2D eigenvalue weighted by Crippen LogP contribution is 2.27. The number of rotatable bonds is 4. The second-order valence-electron chi connectivity index (χ2n) is 4.09. The van der Waals surface area contributed by atoms with Gasteiger partial charge < -0.3 is 10.6 Å². The average molecular weight is 242 g/mol. The Hall–Kier alpha value is -1.30. The van der Waals surface area contributed by atoms with Crippen molar-refractivity contribution in [1.82, 2.24) is 15.3 Å². The molecular formula is C11H16F2N4. The molecule has 0 radical (unpaired) electrons. The van der Waals surface area contributed by atoms with E-state index in [4.69, 9.17) is 0 Å². The van der Waals surface area contributed by atoms with E-state index in [1.54, 1.807) is 6.20 Å². The van der Waals surface area contributed by atoms with Crippen molar-refractivity contribution in [3.63, 3.8) is 0 Å². The van der Waals surface area contributed by atoms with Crippen LogP contribution >= 0.6 is 0 Å². The van der Waals surface area contributed by atoms with Crippen LogP contribution in [0.2, 0.25) is 0 Å². The summed E-state index contributed by atoms with van der Waals surface area (Å²) in [5.41, 5.74) is 0.814. The van der Waals surface area contributed by atoms with Gasteiger partial charge in [0.1, 0.15) is 5.82 Å². The fraction of sp³-hybridized carbons (Fsp3) is 0.636. The Kier molecular flexibility index (Phi) is 4.19. The zero-order valence-corrected chi connectivity index (χ0v) is 9.50. The fourth-order valence-electron chi connectivity index (χ4n) is 2.05. The Balaban J connectivity index is 2.09. The minimum atomic E-state index is -2.38. The third kappa shape index (κ3) is 3.33.